The lowest BCUT2D eigenvalue weighted by molar-refractivity contribution is -0.153. The summed E-state index contributed by atoms with van der Waals surface area (Å²) in [6.07, 6.45) is 6.39. The van der Waals surface area contributed by atoms with Crippen LogP contribution in [0.2, 0.25) is 0 Å². The van der Waals surface area contributed by atoms with E-state index in [9.17, 15) is 14.7 Å². The lowest BCUT2D eigenvalue weighted by Crippen LogP contribution is -2.54. The number of aliphatic hydroxyl groups is 1. The first-order valence-corrected chi connectivity index (χ1v) is 12.8. The van der Waals surface area contributed by atoms with Crippen molar-refractivity contribution < 1.29 is 24.2 Å². The second kappa shape index (κ2) is 12.6. The van der Waals surface area contributed by atoms with Crippen molar-refractivity contribution in [2.24, 2.45) is 5.92 Å². The maximum Gasteiger partial charge on any atom is 0.304 e. The Kier molecular flexibility index (Phi) is 9.04. The molecule has 1 aliphatic rings. The molecule has 0 saturated carbocycles. The molecule has 9 heteroatoms. The van der Waals surface area contributed by atoms with Crippen molar-refractivity contribution in [2.45, 2.75) is 51.5 Å². The molecule has 0 aliphatic carbocycles. The first-order chi connectivity index (χ1) is 18.4. The van der Waals surface area contributed by atoms with Gasteiger partial charge in [0.05, 0.1) is 30.7 Å². The normalized spacial score (nSPS) is 17.7. The van der Waals surface area contributed by atoms with Crippen molar-refractivity contribution in [3.8, 4) is 0 Å². The molecular formula is C29H34N4O5. The number of β-lactam (4-membered cyclic amide) rings is 1. The Morgan fingerprint density at radius 3 is 2.53 bits per heavy atom. The average molecular weight is 519 g/mol. The minimum atomic E-state index is -0.542. The highest BCUT2D eigenvalue weighted by Crippen LogP contribution is 2.32. The summed E-state index contributed by atoms with van der Waals surface area (Å²) in [4.78, 5) is 24.8. The largest absolute Gasteiger partial charge is 0.441 e. The van der Waals surface area contributed by atoms with Crippen LogP contribution in [-0.4, -0.2) is 51.9 Å². The van der Waals surface area contributed by atoms with Crippen molar-refractivity contribution in [1.29, 1.82) is 0 Å². The predicted octanol–water partition coefficient (Wildman–Crippen LogP) is 4.00. The number of hydrogen-bond donors (Lipinski definition) is 1. The molecule has 200 valence electrons. The van der Waals surface area contributed by atoms with E-state index in [1.54, 1.807) is 11.8 Å². The van der Waals surface area contributed by atoms with Gasteiger partial charge in [0.1, 0.15) is 0 Å². The Morgan fingerprint density at radius 1 is 1.16 bits per heavy atom. The number of nitrogens with zero attached hydrogens (tertiary/aromatic N) is 4. The van der Waals surface area contributed by atoms with E-state index < -0.39 is 12.2 Å². The van der Waals surface area contributed by atoms with E-state index in [0.29, 0.717) is 12.2 Å². The molecule has 3 aromatic rings. The third kappa shape index (κ3) is 6.35. The number of carbonyl (C=O) groups is 2. The van der Waals surface area contributed by atoms with E-state index in [1.165, 1.54) is 11.8 Å². The Hall–Kier alpha value is -3.82. The Morgan fingerprint density at radius 2 is 1.89 bits per heavy atom. The quantitative estimate of drug-likeness (QED) is 0.219. The second-order valence-corrected chi connectivity index (χ2v) is 9.41. The summed E-state index contributed by atoms with van der Waals surface area (Å²) in [6, 6.07) is 17.4. The van der Waals surface area contributed by atoms with Crippen molar-refractivity contribution in [1.82, 2.24) is 15.0 Å². The number of benzene rings is 2. The summed E-state index contributed by atoms with van der Waals surface area (Å²) in [7, 11) is 1.68. The van der Waals surface area contributed by atoms with Gasteiger partial charge in [0, 0.05) is 38.4 Å². The maximum atomic E-state index is 12.0. The lowest BCUT2D eigenvalue weighted by atomic mass is 9.96. The van der Waals surface area contributed by atoms with Crippen LogP contribution in [0.5, 0.6) is 0 Å². The number of ether oxygens (including phenoxy) is 2. The number of anilines is 1. The van der Waals surface area contributed by atoms with Gasteiger partial charge in [-0.1, -0.05) is 66.8 Å². The van der Waals surface area contributed by atoms with Crippen LogP contribution >= 0.6 is 0 Å². The number of aliphatic hydroxyl groups excluding tert-OH is 1. The molecule has 38 heavy (non-hydrogen) atoms. The first kappa shape index (κ1) is 27.2. The highest BCUT2D eigenvalue weighted by Gasteiger charge is 2.39. The van der Waals surface area contributed by atoms with Gasteiger partial charge in [-0.15, -0.1) is 5.10 Å². The fourth-order valence-electron chi connectivity index (χ4n) is 4.72. The summed E-state index contributed by atoms with van der Waals surface area (Å²) >= 11 is 0. The number of allylic oxidation sites excluding steroid dienone is 1. The smallest absolute Gasteiger partial charge is 0.304 e. The van der Waals surface area contributed by atoms with Crippen LogP contribution in [0, 0.1) is 5.92 Å². The summed E-state index contributed by atoms with van der Waals surface area (Å²) in [5.74, 6) is -0.570. The Balaban J connectivity index is 1.32. The number of aryl methyl sites for hydroxylation is 1. The number of aromatic nitrogens is 3. The summed E-state index contributed by atoms with van der Waals surface area (Å²) in [5.41, 5.74) is 3.44. The van der Waals surface area contributed by atoms with E-state index in [2.05, 4.69) is 29.4 Å². The SMILES string of the molecule is CO[C@H](c1ccc(N2C(=O)CC2OC(C)=O)cc1)[C@H](C)/C=C/CCn1cc(C(CO)c2ccccc2)nn1. The van der Waals surface area contributed by atoms with Crippen LogP contribution in [0.15, 0.2) is 72.9 Å². The molecule has 0 spiro atoms. The zero-order valence-corrected chi connectivity index (χ0v) is 21.9. The van der Waals surface area contributed by atoms with Crippen molar-refractivity contribution in [3.63, 3.8) is 0 Å². The fourth-order valence-corrected chi connectivity index (χ4v) is 4.72. The van der Waals surface area contributed by atoms with E-state index in [-0.39, 0.29) is 36.9 Å². The molecule has 0 radical (unpaired) electrons. The standard InChI is InChI=1S/C29H34N4O5/c1-20(9-7-8-16-32-18-26(30-31-32)25(19-34)22-10-5-4-6-11-22)29(37-3)23-12-14-24(15-13-23)33-27(36)17-28(33)38-21(2)35/h4-7,9-15,18,20,25,28-29,34H,8,16-17,19H2,1-3H3/b9-7+/t20-,25?,28?,29+/m1/s1. The molecule has 2 aromatic carbocycles. The van der Waals surface area contributed by atoms with Crippen molar-refractivity contribution >= 4 is 17.6 Å². The minimum absolute atomic E-state index is 0.0272. The van der Waals surface area contributed by atoms with E-state index >= 15 is 0 Å². The van der Waals surface area contributed by atoms with Crippen LogP contribution in [0.25, 0.3) is 0 Å². The molecule has 1 fully saturated rings. The van der Waals surface area contributed by atoms with Crippen molar-refractivity contribution in [2.75, 3.05) is 18.6 Å². The summed E-state index contributed by atoms with van der Waals surface area (Å²) in [6.45, 7) is 4.07. The van der Waals surface area contributed by atoms with Gasteiger partial charge < -0.3 is 14.6 Å². The van der Waals surface area contributed by atoms with Crippen LogP contribution in [-0.2, 0) is 25.6 Å². The fraction of sp³-hybridized carbons (Fsp3) is 0.379. The molecule has 1 aromatic heterocycles. The van der Waals surface area contributed by atoms with Crippen LogP contribution in [0.1, 0.15) is 55.5 Å². The van der Waals surface area contributed by atoms with Gasteiger partial charge in [0.15, 0.2) is 6.23 Å². The molecule has 0 bridgehead atoms. The molecule has 9 nitrogen and oxygen atoms in total. The van der Waals surface area contributed by atoms with Gasteiger partial charge in [0.25, 0.3) is 0 Å². The Bertz CT molecular complexity index is 1240. The number of hydrogen-bond acceptors (Lipinski definition) is 7. The van der Waals surface area contributed by atoms with Gasteiger partial charge in [0.2, 0.25) is 5.91 Å². The van der Waals surface area contributed by atoms with Crippen LogP contribution < -0.4 is 4.90 Å². The monoisotopic (exact) mass is 518 g/mol. The third-order valence-corrected chi connectivity index (χ3v) is 6.70. The number of carbonyl (C=O) groups excluding carboxylic acids is 2. The number of rotatable bonds is 12. The lowest BCUT2D eigenvalue weighted by Gasteiger charge is -2.39. The van der Waals surface area contributed by atoms with Gasteiger partial charge in [-0.05, 0) is 29.7 Å². The van der Waals surface area contributed by atoms with E-state index in [4.69, 9.17) is 9.47 Å². The topological polar surface area (TPSA) is 107 Å². The van der Waals surface area contributed by atoms with Gasteiger partial charge >= 0.3 is 5.97 Å². The second-order valence-electron chi connectivity index (χ2n) is 9.41. The number of amides is 1. The summed E-state index contributed by atoms with van der Waals surface area (Å²) in [5, 5.41) is 18.4. The molecule has 2 heterocycles. The molecule has 4 atom stereocenters. The average Bonchev–Trinajstić information content (AvgIpc) is 3.37. The van der Waals surface area contributed by atoms with Gasteiger partial charge in [-0.25, -0.2) is 0 Å². The number of esters is 1. The predicted molar refractivity (Wildman–Crippen MR) is 142 cm³/mol. The molecule has 1 amide bonds. The van der Waals surface area contributed by atoms with Gasteiger partial charge in [-0.3, -0.25) is 19.2 Å². The third-order valence-electron chi connectivity index (χ3n) is 6.70. The first-order valence-electron chi connectivity index (χ1n) is 12.8. The number of methoxy groups -OCH3 is 1. The molecule has 1 saturated heterocycles. The zero-order valence-electron chi connectivity index (χ0n) is 21.9. The van der Waals surface area contributed by atoms with Gasteiger partial charge in [-0.2, -0.15) is 0 Å². The van der Waals surface area contributed by atoms with E-state index in [0.717, 1.165) is 23.2 Å². The van der Waals surface area contributed by atoms with Crippen molar-refractivity contribution in [3.05, 3.63) is 89.8 Å². The molecule has 1 aliphatic heterocycles. The Labute approximate surface area is 222 Å². The summed E-state index contributed by atoms with van der Waals surface area (Å²) < 4.78 is 12.8. The zero-order chi connectivity index (χ0) is 27.1. The molecule has 2 unspecified atom stereocenters. The highest BCUT2D eigenvalue weighted by molar-refractivity contribution is 6.00. The molecular weight excluding hydrogens is 484 g/mol. The van der Waals surface area contributed by atoms with Crippen LogP contribution in [0.4, 0.5) is 5.69 Å². The van der Waals surface area contributed by atoms with E-state index in [1.807, 2.05) is 60.8 Å². The molecule has 1 N–H and O–H groups in total. The maximum absolute atomic E-state index is 12.0. The minimum Gasteiger partial charge on any atom is -0.441 e. The molecule has 4 rings (SSSR count). The van der Waals surface area contributed by atoms with Crippen LogP contribution in [0.3, 0.4) is 0 Å². The highest BCUT2D eigenvalue weighted by atomic mass is 16.6.